The molecule has 0 amide bonds. The van der Waals surface area contributed by atoms with E-state index in [1.807, 2.05) is 0 Å². The highest BCUT2D eigenvalue weighted by atomic mass is 19.4. The van der Waals surface area contributed by atoms with E-state index in [9.17, 15) is 13.2 Å². The maximum atomic E-state index is 11.9. The number of hydrogen-bond acceptors (Lipinski definition) is 2. The van der Waals surface area contributed by atoms with Crippen molar-refractivity contribution in [3.63, 3.8) is 0 Å². The molecule has 0 fully saturated rings. The van der Waals surface area contributed by atoms with Crippen LogP contribution in [0.4, 0.5) is 13.2 Å². The SMILES string of the molecule is C/C=N\C(=C/NC)C(F)(F)F. The number of nitrogens with one attached hydrogen (secondary N) is 1. The van der Waals surface area contributed by atoms with Crippen LogP contribution in [-0.2, 0) is 0 Å². The van der Waals surface area contributed by atoms with Crippen molar-refractivity contribution in [3.05, 3.63) is 11.9 Å². The van der Waals surface area contributed by atoms with Gasteiger partial charge < -0.3 is 5.32 Å². The van der Waals surface area contributed by atoms with E-state index in [1.54, 1.807) is 0 Å². The van der Waals surface area contributed by atoms with E-state index >= 15 is 0 Å². The first kappa shape index (κ1) is 10.0. The Hall–Kier alpha value is -1.00. The van der Waals surface area contributed by atoms with Crippen LogP contribution in [0.2, 0.25) is 0 Å². The maximum Gasteiger partial charge on any atom is 0.434 e. The van der Waals surface area contributed by atoms with E-state index < -0.39 is 11.9 Å². The van der Waals surface area contributed by atoms with Crippen LogP contribution in [0.25, 0.3) is 0 Å². The van der Waals surface area contributed by atoms with E-state index in [0.717, 1.165) is 12.4 Å². The summed E-state index contributed by atoms with van der Waals surface area (Å²) in [7, 11) is 1.39. The number of aliphatic imine (C=N–C) groups is 1. The lowest BCUT2D eigenvalue weighted by Crippen LogP contribution is -2.13. The Bertz CT molecular complexity index is 169. The first-order valence-corrected chi connectivity index (χ1v) is 2.95. The summed E-state index contributed by atoms with van der Waals surface area (Å²) in [5.74, 6) is 0. The standard InChI is InChI=1S/C6H9F3N2/c1-3-11-5(4-10-2)6(7,8)9/h3-4,10H,1-2H3/b5-4-,11-3-. The third-order valence-corrected chi connectivity index (χ3v) is 0.840. The van der Waals surface area contributed by atoms with Crippen molar-refractivity contribution in [1.29, 1.82) is 0 Å². The van der Waals surface area contributed by atoms with Gasteiger partial charge >= 0.3 is 6.18 Å². The number of rotatable bonds is 2. The summed E-state index contributed by atoms with van der Waals surface area (Å²) in [5, 5.41) is 2.26. The zero-order valence-electron chi connectivity index (χ0n) is 6.24. The summed E-state index contributed by atoms with van der Waals surface area (Å²) in [5.41, 5.74) is -0.928. The van der Waals surface area contributed by atoms with Gasteiger partial charge in [-0.3, -0.25) is 4.99 Å². The van der Waals surface area contributed by atoms with E-state index in [0.29, 0.717) is 0 Å². The van der Waals surface area contributed by atoms with Gasteiger partial charge in [-0.2, -0.15) is 13.2 Å². The minimum Gasteiger partial charge on any atom is -0.392 e. The van der Waals surface area contributed by atoms with Crippen molar-refractivity contribution in [3.8, 4) is 0 Å². The third kappa shape index (κ3) is 3.64. The zero-order chi connectivity index (χ0) is 8.91. The monoisotopic (exact) mass is 166 g/mol. The van der Waals surface area contributed by atoms with Crippen LogP contribution in [0.1, 0.15) is 6.92 Å². The van der Waals surface area contributed by atoms with Crippen LogP contribution in [0.3, 0.4) is 0 Å². The molecule has 0 aromatic heterocycles. The molecule has 0 aromatic rings. The number of halogens is 3. The Kier molecular flexibility index (Phi) is 3.64. The van der Waals surface area contributed by atoms with Crippen LogP contribution in [-0.4, -0.2) is 19.4 Å². The van der Waals surface area contributed by atoms with Crippen molar-refractivity contribution in [2.24, 2.45) is 4.99 Å². The molecule has 0 bridgehead atoms. The molecule has 0 atom stereocenters. The molecule has 0 saturated heterocycles. The molecule has 0 spiro atoms. The molecule has 0 heterocycles. The highest BCUT2D eigenvalue weighted by molar-refractivity contribution is 5.55. The molecule has 1 N–H and O–H groups in total. The molecule has 0 aliphatic heterocycles. The summed E-state index contributed by atoms with van der Waals surface area (Å²) < 4.78 is 35.6. The fraction of sp³-hybridized carbons (Fsp3) is 0.500. The topological polar surface area (TPSA) is 24.4 Å². The number of hydrogen-bond donors (Lipinski definition) is 1. The summed E-state index contributed by atoms with van der Waals surface area (Å²) >= 11 is 0. The summed E-state index contributed by atoms with van der Waals surface area (Å²) in [6.07, 6.45) is -2.48. The van der Waals surface area contributed by atoms with Crippen LogP contribution < -0.4 is 5.32 Å². The largest absolute Gasteiger partial charge is 0.434 e. The maximum absolute atomic E-state index is 11.9. The fourth-order valence-electron chi connectivity index (χ4n) is 0.468. The van der Waals surface area contributed by atoms with Crippen molar-refractivity contribution < 1.29 is 13.2 Å². The van der Waals surface area contributed by atoms with Gasteiger partial charge in [0.25, 0.3) is 0 Å². The van der Waals surface area contributed by atoms with Gasteiger partial charge in [0, 0.05) is 19.5 Å². The van der Waals surface area contributed by atoms with Gasteiger partial charge in [0.05, 0.1) is 0 Å². The van der Waals surface area contributed by atoms with Gasteiger partial charge in [0.2, 0.25) is 0 Å². The number of nitrogens with zero attached hydrogens (tertiary/aromatic N) is 1. The molecule has 0 aliphatic rings. The quantitative estimate of drug-likeness (QED) is 0.620. The minimum atomic E-state index is -4.38. The summed E-state index contributed by atoms with van der Waals surface area (Å²) in [6, 6.07) is 0. The average Bonchev–Trinajstić information content (AvgIpc) is 1.85. The van der Waals surface area contributed by atoms with Crippen LogP contribution in [0, 0.1) is 0 Å². The van der Waals surface area contributed by atoms with Gasteiger partial charge in [-0.25, -0.2) is 0 Å². The van der Waals surface area contributed by atoms with Gasteiger partial charge in [-0.05, 0) is 6.92 Å². The zero-order valence-corrected chi connectivity index (χ0v) is 6.24. The second-order valence-electron chi connectivity index (χ2n) is 1.70. The number of alkyl halides is 3. The second kappa shape index (κ2) is 4.00. The molecule has 64 valence electrons. The first-order chi connectivity index (χ1) is 5.02. The Morgan fingerprint density at radius 3 is 2.27 bits per heavy atom. The molecule has 0 aromatic carbocycles. The first-order valence-electron chi connectivity index (χ1n) is 2.95. The van der Waals surface area contributed by atoms with Gasteiger partial charge in [-0.1, -0.05) is 0 Å². The normalized spacial score (nSPS) is 14.1. The van der Waals surface area contributed by atoms with E-state index in [4.69, 9.17) is 0 Å². The lowest BCUT2D eigenvalue weighted by atomic mass is 10.4. The Morgan fingerprint density at radius 2 is 2.00 bits per heavy atom. The Morgan fingerprint density at radius 1 is 1.45 bits per heavy atom. The van der Waals surface area contributed by atoms with Crippen molar-refractivity contribution >= 4 is 6.21 Å². The molecule has 5 heteroatoms. The molecule has 0 rings (SSSR count). The highest BCUT2D eigenvalue weighted by Crippen LogP contribution is 2.25. The van der Waals surface area contributed by atoms with E-state index in [2.05, 4.69) is 10.3 Å². The number of allylic oxidation sites excluding steroid dienone is 1. The minimum absolute atomic E-state index is 0.806. The molecule has 0 radical (unpaired) electrons. The second-order valence-corrected chi connectivity index (χ2v) is 1.70. The Balaban J connectivity index is 4.48. The van der Waals surface area contributed by atoms with E-state index in [1.165, 1.54) is 14.0 Å². The summed E-state index contributed by atoms with van der Waals surface area (Å²) in [4.78, 5) is 3.13. The van der Waals surface area contributed by atoms with Crippen LogP contribution in [0.15, 0.2) is 16.9 Å². The highest BCUT2D eigenvalue weighted by Gasteiger charge is 2.33. The molecular formula is C6H9F3N2. The average molecular weight is 166 g/mol. The molecule has 2 nitrogen and oxygen atoms in total. The third-order valence-electron chi connectivity index (χ3n) is 0.840. The molecular weight excluding hydrogens is 157 g/mol. The van der Waals surface area contributed by atoms with E-state index in [-0.39, 0.29) is 0 Å². The molecule has 0 saturated carbocycles. The summed E-state index contributed by atoms with van der Waals surface area (Å²) in [6.45, 7) is 1.43. The predicted octanol–water partition coefficient (Wildman–Crippen LogP) is 1.70. The van der Waals surface area contributed by atoms with Gasteiger partial charge in [0.1, 0.15) is 0 Å². The van der Waals surface area contributed by atoms with Crippen molar-refractivity contribution in [2.45, 2.75) is 13.1 Å². The molecule has 0 unspecified atom stereocenters. The van der Waals surface area contributed by atoms with Crippen LogP contribution in [0.5, 0.6) is 0 Å². The Labute approximate surface area is 62.8 Å². The predicted molar refractivity (Wildman–Crippen MR) is 37.4 cm³/mol. The smallest absolute Gasteiger partial charge is 0.392 e. The lowest BCUT2D eigenvalue weighted by Gasteiger charge is -2.05. The van der Waals surface area contributed by atoms with Crippen LogP contribution >= 0.6 is 0 Å². The van der Waals surface area contributed by atoms with Crippen molar-refractivity contribution in [1.82, 2.24) is 5.32 Å². The fourth-order valence-corrected chi connectivity index (χ4v) is 0.468. The van der Waals surface area contributed by atoms with Gasteiger partial charge in [-0.15, -0.1) is 0 Å². The van der Waals surface area contributed by atoms with Gasteiger partial charge in [0.15, 0.2) is 5.70 Å². The lowest BCUT2D eigenvalue weighted by molar-refractivity contribution is -0.0926. The van der Waals surface area contributed by atoms with Crippen molar-refractivity contribution in [2.75, 3.05) is 7.05 Å². The molecule has 11 heavy (non-hydrogen) atoms. The molecule has 0 aliphatic carbocycles.